The first kappa shape index (κ1) is 23.9. The Morgan fingerprint density at radius 3 is 2.51 bits per heavy atom. The number of para-hydroxylation sites is 1. The van der Waals surface area contributed by atoms with E-state index < -0.39 is 0 Å². The number of thioether (sulfide) groups is 1. The molecule has 35 heavy (non-hydrogen) atoms. The topological polar surface area (TPSA) is 88.9 Å². The van der Waals surface area contributed by atoms with Gasteiger partial charge in [0.15, 0.2) is 11.5 Å². The van der Waals surface area contributed by atoms with Crippen LogP contribution in [0, 0.1) is 11.3 Å². The van der Waals surface area contributed by atoms with Crippen molar-refractivity contribution in [3.05, 3.63) is 94.4 Å². The fourth-order valence-electron chi connectivity index (χ4n) is 3.42. The molecule has 1 aliphatic heterocycles. The van der Waals surface area contributed by atoms with Gasteiger partial charge in [0.2, 0.25) is 0 Å². The molecule has 176 valence electrons. The molecule has 3 aromatic carbocycles. The third-order valence-electron chi connectivity index (χ3n) is 5.21. The normalized spacial score (nSPS) is 14.2. The molecule has 3 aromatic rings. The molecule has 1 fully saturated rings. The molecule has 0 aromatic heterocycles. The van der Waals surface area contributed by atoms with Crippen molar-refractivity contribution in [1.29, 1.82) is 5.26 Å². The second kappa shape index (κ2) is 11.3. The maximum Gasteiger partial charge on any atom is 0.293 e. The van der Waals surface area contributed by atoms with Crippen LogP contribution in [0.15, 0.2) is 77.7 Å². The van der Waals surface area contributed by atoms with E-state index in [2.05, 4.69) is 6.07 Å². The van der Waals surface area contributed by atoms with E-state index in [-0.39, 0.29) is 30.9 Å². The lowest BCUT2D eigenvalue weighted by Crippen LogP contribution is -2.32. The van der Waals surface area contributed by atoms with E-state index in [4.69, 9.17) is 14.2 Å². The predicted octanol–water partition coefficient (Wildman–Crippen LogP) is 5.26. The van der Waals surface area contributed by atoms with Crippen LogP contribution in [-0.4, -0.2) is 36.3 Å². The van der Waals surface area contributed by atoms with Gasteiger partial charge in [0, 0.05) is 5.56 Å². The number of ether oxygens (including phenoxy) is 3. The quantitative estimate of drug-likeness (QED) is 0.381. The number of rotatable bonds is 9. The molecule has 0 unspecified atom stereocenters. The lowest BCUT2D eigenvalue weighted by molar-refractivity contribution is -0.123. The molecule has 0 bridgehead atoms. The molecule has 8 heteroatoms. The van der Waals surface area contributed by atoms with Gasteiger partial charge < -0.3 is 14.2 Å². The second-order valence-corrected chi connectivity index (χ2v) is 8.46. The predicted molar refractivity (Wildman–Crippen MR) is 133 cm³/mol. The van der Waals surface area contributed by atoms with E-state index in [1.165, 1.54) is 12.0 Å². The molecule has 7 nitrogen and oxygen atoms in total. The van der Waals surface area contributed by atoms with E-state index in [0.717, 1.165) is 17.3 Å². The molecular formula is C27H22N2O5S. The van der Waals surface area contributed by atoms with Crippen molar-refractivity contribution in [3.8, 4) is 23.3 Å². The zero-order valence-electron chi connectivity index (χ0n) is 19.0. The van der Waals surface area contributed by atoms with Crippen LogP contribution < -0.4 is 14.2 Å². The van der Waals surface area contributed by atoms with Gasteiger partial charge in [0.1, 0.15) is 19.0 Å². The third-order valence-corrected chi connectivity index (χ3v) is 6.11. The Morgan fingerprint density at radius 2 is 1.74 bits per heavy atom. The summed E-state index contributed by atoms with van der Waals surface area (Å²) in [4.78, 5) is 26.7. The number of nitriles is 1. The summed E-state index contributed by atoms with van der Waals surface area (Å²) in [6.07, 6.45) is 1.65. The van der Waals surface area contributed by atoms with Crippen LogP contribution in [0.1, 0.15) is 16.7 Å². The monoisotopic (exact) mass is 486 g/mol. The van der Waals surface area contributed by atoms with Gasteiger partial charge in [-0.1, -0.05) is 42.5 Å². The Labute approximate surface area is 207 Å². The van der Waals surface area contributed by atoms with Gasteiger partial charge in [0.25, 0.3) is 11.1 Å². The van der Waals surface area contributed by atoms with Gasteiger partial charge in [-0.05, 0) is 53.7 Å². The van der Waals surface area contributed by atoms with Crippen LogP contribution in [0.3, 0.4) is 0 Å². The average molecular weight is 487 g/mol. The van der Waals surface area contributed by atoms with Crippen molar-refractivity contribution in [1.82, 2.24) is 4.90 Å². The van der Waals surface area contributed by atoms with Crippen molar-refractivity contribution < 1.29 is 23.8 Å². The highest BCUT2D eigenvalue weighted by Crippen LogP contribution is 2.34. The van der Waals surface area contributed by atoms with Crippen molar-refractivity contribution in [2.45, 2.75) is 6.61 Å². The number of hydrogen-bond acceptors (Lipinski definition) is 7. The Hall–Kier alpha value is -4.22. The van der Waals surface area contributed by atoms with Crippen molar-refractivity contribution in [2.24, 2.45) is 0 Å². The fraction of sp³-hybridized carbons (Fsp3) is 0.148. The summed E-state index contributed by atoms with van der Waals surface area (Å²) >= 11 is 0.892. The molecule has 0 spiro atoms. The van der Waals surface area contributed by atoms with E-state index in [1.807, 2.05) is 42.5 Å². The first-order chi connectivity index (χ1) is 17.1. The van der Waals surface area contributed by atoms with E-state index in [9.17, 15) is 14.9 Å². The third kappa shape index (κ3) is 5.83. The van der Waals surface area contributed by atoms with Crippen molar-refractivity contribution in [3.63, 3.8) is 0 Å². The van der Waals surface area contributed by atoms with Gasteiger partial charge in [-0.2, -0.15) is 5.26 Å². The summed E-state index contributed by atoms with van der Waals surface area (Å²) in [5, 5.41) is 8.91. The maximum absolute atomic E-state index is 12.8. The van der Waals surface area contributed by atoms with E-state index in [1.54, 1.807) is 36.4 Å². The summed E-state index contributed by atoms with van der Waals surface area (Å²) in [6.45, 7) is 0.588. The average Bonchev–Trinajstić information content (AvgIpc) is 3.15. The van der Waals surface area contributed by atoms with E-state index >= 15 is 0 Å². The number of imide groups is 1. The lowest BCUT2D eigenvalue weighted by Gasteiger charge is -2.13. The van der Waals surface area contributed by atoms with Crippen LogP contribution in [0.2, 0.25) is 0 Å². The lowest BCUT2D eigenvalue weighted by atomic mass is 10.1. The van der Waals surface area contributed by atoms with Crippen molar-refractivity contribution in [2.75, 3.05) is 20.3 Å². The highest BCUT2D eigenvalue weighted by Gasteiger charge is 2.34. The minimum Gasteiger partial charge on any atom is -0.493 e. The highest BCUT2D eigenvalue weighted by atomic mass is 32.2. The molecule has 0 aliphatic carbocycles. The number of methoxy groups -OCH3 is 1. The Kier molecular flexibility index (Phi) is 7.70. The fourth-order valence-corrected chi connectivity index (χ4v) is 4.28. The molecule has 0 saturated carbocycles. The summed E-state index contributed by atoms with van der Waals surface area (Å²) in [6, 6.07) is 23.8. The Morgan fingerprint density at radius 1 is 0.971 bits per heavy atom. The summed E-state index contributed by atoms with van der Waals surface area (Å²) in [5.41, 5.74) is 2.01. The molecule has 1 aliphatic rings. The van der Waals surface area contributed by atoms with Crippen LogP contribution >= 0.6 is 11.8 Å². The Bertz CT molecular complexity index is 1300. The number of amides is 2. The van der Waals surface area contributed by atoms with Gasteiger partial charge >= 0.3 is 0 Å². The van der Waals surface area contributed by atoms with Gasteiger partial charge in [-0.3, -0.25) is 14.5 Å². The summed E-state index contributed by atoms with van der Waals surface area (Å²) in [7, 11) is 1.52. The second-order valence-electron chi connectivity index (χ2n) is 7.46. The number of nitrogens with zero attached hydrogens (tertiary/aromatic N) is 2. The number of benzene rings is 3. The van der Waals surface area contributed by atoms with Gasteiger partial charge in [-0.15, -0.1) is 0 Å². The number of carbonyl (C=O) groups is 2. The smallest absolute Gasteiger partial charge is 0.293 e. The van der Waals surface area contributed by atoms with Crippen molar-refractivity contribution >= 4 is 29.0 Å². The molecular weight excluding hydrogens is 464 g/mol. The molecule has 1 saturated heterocycles. The zero-order chi connectivity index (χ0) is 24.6. The van der Waals surface area contributed by atoms with Gasteiger partial charge in [-0.25, -0.2) is 0 Å². The Balaban J connectivity index is 1.41. The SMILES string of the molecule is COc1cc(/C=C2\SC(=O)N(CCOc3ccccc3)C2=O)ccc1OCc1ccccc1C#N. The minimum atomic E-state index is -0.357. The van der Waals surface area contributed by atoms with Crippen LogP contribution in [-0.2, 0) is 11.4 Å². The molecule has 0 atom stereocenters. The summed E-state index contributed by atoms with van der Waals surface area (Å²) in [5.74, 6) is 1.30. The maximum atomic E-state index is 12.8. The molecule has 0 N–H and O–H groups in total. The molecule has 2 amide bonds. The number of hydrogen-bond donors (Lipinski definition) is 0. The van der Waals surface area contributed by atoms with Gasteiger partial charge in [0.05, 0.1) is 30.2 Å². The number of carbonyl (C=O) groups excluding carboxylic acids is 2. The van der Waals surface area contributed by atoms with Crippen LogP contribution in [0.5, 0.6) is 17.2 Å². The standard InChI is InChI=1S/C27H22N2O5S/c1-32-24-15-19(11-12-23(24)34-18-21-8-6-5-7-20(21)17-28)16-25-26(30)29(27(31)35-25)13-14-33-22-9-3-2-4-10-22/h2-12,15-16H,13-14,18H2,1H3/b25-16-. The molecule has 0 radical (unpaired) electrons. The molecule has 4 rings (SSSR count). The highest BCUT2D eigenvalue weighted by molar-refractivity contribution is 8.18. The van der Waals surface area contributed by atoms with E-state index in [0.29, 0.717) is 33.3 Å². The first-order valence-corrected chi connectivity index (χ1v) is 11.6. The zero-order valence-corrected chi connectivity index (χ0v) is 19.8. The summed E-state index contributed by atoms with van der Waals surface area (Å²) < 4.78 is 16.9. The largest absolute Gasteiger partial charge is 0.493 e. The van der Waals surface area contributed by atoms with Crippen LogP contribution in [0.4, 0.5) is 4.79 Å². The minimum absolute atomic E-state index is 0.164. The first-order valence-electron chi connectivity index (χ1n) is 10.8. The molecule has 1 heterocycles. The van der Waals surface area contributed by atoms with Crippen LogP contribution in [0.25, 0.3) is 6.08 Å².